The Balaban J connectivity index is 1.45. The van der Waals surface area contributed by atoms with Crippen LogP contribution >= 0.6 is 0 Å². The molecule has 0 bridgehead atoms. The van der Waals surface area contributed by atoms with E-state index in [1.54, 1.807) is 13.0 Å². The molecule has 1 aromatic heterocycles. The van der Waals surface area contributed by atoms with E-state index in [1.807, 2.05) is 11.6 Å². The van der Waals surface area contributed by atoms with Crippen molar-refractivity contribution in [1.82, 2.24) is 14.5 Å². The number of imidazole rings is 1. The van der Waals surface area contributed by atoms with Gasteiger partial charge < -0.3 is 20.8 Å². The van der Waals surface area contributed by atoms with Gasteiger partial charge in [0.1, 0.15) is 17.7 Å². The lowest BCUT2D eigenvalue weighted by Gasteiger charge is -2.38. The highest BCUT2D eigenvalue weighted by Crippen LogP contribution is 2.34. The van der Waals surface area contributed by atoms with Gasteiger partial charge >= 0.3 is 0 Å². The van der Waals surface area contributed by atoms with Gasteiger partial charge in [0.2, 0.25) is 11.5 Å². The highest BCUT2D eigenvalue weighted by atomic mass is 19.1. The zero-order valence-electron chi connectivity index (χ0n) is 17.1. The molecule has 2 aliphatic rings. The van der Waals surface area contributed by atoms with Crippen molar-refractivity contribution in [3.8, 4) is 0 Å². The lowest BCUT2D eigenvalue weighted by molar-refractivity contribution is -0.111. The number of halogens is 2. The smallest absolute Gasteiger partial charge is 0.241 e. The average Bonchev–Trinajstić information content (AvgIpc) is 3.23. The first kappa shape index (κ1) is 20.6. The molecular formula is C21H27F2N6O+. The zero-order valence-corrected chi connectivity index (χ0v) is 17.1. The van der Waals surface area contributed by atoms with Crippen molar-refractivity contribution in [2.75, 3.05) is 6.61 Å². The van der Waals surface area contributed by atoms with Gasteiger partial charge in [-0.3, -0.25) is 10.3 Å². The standard InChI is InChI=1S/C21H26F2N6O/c1-11(24)5-17(26)21-27-18-8-29(9-19(18)28(21)2)13-7-16(25)20(30-10-13)14-6-12(22)3-4-15(14)23/h3-6,13,16,20,26H,7-10,24-25H2,1-2H3/p+1/b11-5-,26-17?/t13-,16+,20-/m1/s1. The Labute approximate surface area is 173 Å². The Morgan fingerprint density at radius 1 is 1.33 bits per heavy atom. The van der Waals surface area contributed by atoms with Gasteiger partial charge in [-0.15, -0.1) is 0 Å². The van der Waals surface area contributed by atoms with Crippen LogP contribution in [-0.2, 0) is 24.9 Å². The second kappa shape index (κ2) is 7.90. The summed E-state index contributed by atoms with van der Waals surface area (Å²) < 4.78 is 35.6. The summed E-state index contributed by atoms with van der Waals surface area (Å²) in [4.78, 5) is 6.94. The third kappa shape index (κ3) is 3.76. The van der Waals surface area contributed by atoms with E-state index in [-0.39, 0.29) is 11.6 Å². The molecule has 1 aromatic carbocycles. The topological polar surface area (TPSA) is 108 Å². The van der Waals surface area contributed by atoms with E-state index in [2.05, 4.69) is 9.88 Å². The van der Waals surface area contributed by atoms with Crippen molar-refractivity contribution in [2.45, 2.75) is 44.6 Å². The van der Waals surface area contributed by atoms with Gasteiger partial charge in [0, 0.05) is 49.6 Å². The van der Waals surface area contributed by atoms with Gasteiger partial charge in [-0.25, -0.2) is 13.8 Å². The molecule has 3 atom stereocenters. The van der Waals surface area contributed by atoms with Gasteiger partial charge in [-0.2, -0.15) is 0 Å². The van der Waals surface area contributed by atoms with E-state index in [0.29, 0.717) is 43.4 Å². The van der Waals surface area contributed by atoms with Gasteiger partial charge in [-0.1, -0.05) is 0 Å². The monoisotopic (exact) mass is 417 g/mol. The normalized spacial score (nSPS) is 24.8. The Bertz CT molecular complexity index is 1010. The van der Waals surface area contributed by atoms with Crippen LogP contribution in [0, 0.1) is 11.6 Å². The Kier molecular flexibility index (Phi) is 5.44. The Hall–Kier alpha value is -2.62. The van der Waals surface area contributed by atoms with Crippen LogP contribution in [0.15, 0.2) is 30.0 Å². The zero-order chi connectivity index (χ0) is 21.6. The van der Waals surface area contributed by atoms with E-state index in [9.17, 15) is 8.78 Å². The maximum absolute atomic E-state index is 14.1. The summed E-state index contributed by atoms with van der Waals surface area (Å²) >= 11 is 0. The molecular weight excluding hydrogens is 390 g/mol. The summed E-state index contributed by atoms with van der Waals surface area (Å²) in [6.45, 7) is 3.51. The summed E-state index contributed by atoms with van der Waals surface area (Å²) in [5.74, 6) is -0.309. The number of rotatable bonds is 4. The number of ether oxygens (including phenoxy) is 1. The van der Waals surface area contributed by atoms with Crippen molar-refractivity contribution >= 4 is 5.71 Å². The molecule has 4 rings (SSSR count). The lowest BCUT2D eigenvalue weighted by Crippen LogP contribution is -2.48. The number of nitrogens with two attached hydrogens (primary N) is 3. The molecule has 3 heterocycles. The van der Waals surface area contributed by atoms with Gasteiger partial charge in [0.25, 0.3) is 0 Å². The number of fused-ring (bicyclic) bond motifs is 1. The molecule has 0 amide bonds. The lowest BCUT2D eigenvalue weighted by atomic mass is 9.93. The number of aromatic nitrogens is 2. The van der Waals surface area contributed by atoms with Crippen LogP contribution in [0.2, 0.25) is 0 Å². The van der Waals surface area contributed by atoms with Crippen LogP contribution in [0.5, 0.6) is 0 Å². The molecule has 9 heteroatoms. The minimum Gasteiger partial charge on any atom is -0.402 e. The fourth-order valence-corrected chi connectivity index (χ4v) is 4.33. The summed E-state index contributed by atoms with van der Waals surface area (Å²) in [7, 11) is 1.93. The third-order valence-electron chi connectivity index (χ3n) is 5.83. The fourth-order valence-electron chi connectivity index (χ4n) is 4.33. The van der Waals surface area contributed by atoms with Crippen LogP contribution in [-0.4, -0.2) is 38.9 Å². The molecule has 6 N–H and O–H groups in total. The fraction of sp³-hybridized carbons (Fsp3) is 0.429. The summed E-state index contributed by atoms with van der Waals surface area (Å²) in [5.41, 5.74) is 15.4. The van der Waals surface area contributed by atoms with E-state index in [4.69, 9.17) is 21.6 Å². The van der Waals surface area contributed by atoms with Gasteiger partial charge in [0.05, 0.1) is 18.0 Å². The first-order valence-electron chi connectivity index (χ1n) is 9.91. The number of allylic oxidation sites excluding steroid dienone is 2. The second-order valence-corrected chi connectivity index (χ2v) is 8.11. The average molecular weight is 417 g/mol. The Morgan fingerprint density at radius 3 is 2.77 bits per heavy atom. The molecule has 0 radical (unpaired) electrons. The first-order valence-corrected chi connectivity index (χ1v) is 9.91. The number of hydrogen-bond donors (Lipinski definition) is 3. The molecule has 7 nitrogen and oxygen atoms in total. The van der Waals surface area contributed by atoms with Crippen molar-refractivity contribution in [2.24, 2.45) is 18.5 Å². The van der Waals surface area contributed by atoms with Crippen LogP contribution in [0.4, 0.5) is 8.78 Å². The SMILES string of the molecule is C/C(N)=C/C(=[NH2+])c1nc2c(n1C)CN([C@H]1CO[C@H](c3cc(F)ccc3F)[C@@H](N)C1)C2. The van der Waals surface area contributed by atoms with Crippen LogP contribution in [0.3, 0.4) is 0 Å². The van der Waals surface area contributed by atoms with Crippen molar-refractivity contribution < 1.29 is 18.9 Å². The number of benzene rings is 1. The van der Waals surface area contributed by atoms with Crippen LogP contribution in [0.1, 0.15) is 42.2 Å². The van der Waals surface area contributed by atoms with E-state index in [1.165, 1.54) is 0 Å². The van der Waals surface area contributed by atoms with Crippen molar-refractivity contribution in [3.05, 3.63) is 64.4 Å². The quantitative estimate of drug-likeness (QED) is 0.620. The first-order chi connectivity index (χ1) is 14.2. The molecule has 0 aliphatic carbocycles. The van der Waals surface area contributed by atoms with Gasteiger partial charge in [0.15, 0.2) is 0 Å². The molecule has 30 heavy (non-hydrogen) atoms. The summed E-state index contributed by atoms with van der Waals surface area (Å²) in [6.07, 6.45) is 1.66. The molecule has 2 aromatic rings. The second-order valence-electron chi connectivity index (χ2n) is 8.11. The molecule has 0 spiro atoms. The summed E-state index contributed by atoms with van der Waals surface area (Å²) in [6, 6.07) is 2.99. The maximum Gasteiger partial charge on any atom is 0.241 e. The molecule has 0 saturated carbocycles. The van der Waals surface area contributed by atoms with Crippen molar-refractivity contribution in [3.63, 3.8) is 0 Å². The molecule has 0 unspecified atom stereocenters. The van der Waals surface area contributed by atoms with Crippen LogP contribution in [0.25, 0.3) is 0 Å². The predicted octanol–water partition coefficient (Wildman–Crippen LogP) is 0.282. The molecule has 2 aliphatic heterocycles. The van der Waals surface area contributed by atoms with Crippen LogP contribution < -0.4 is 16.9 Å². The van der Waals surface area contributed by atoms with E-state index >= 15 is 0 Å². The maximum atomic E-state index is 14.1. The van der Waals surface area contributed by atoms with Crippen molar-refractivity contribution in [1.29, 1.82) is 0 Å². The summed E-state index contributed by atoms with van der Waals surface area (Å²) in [5, 5.41) is 6.12. The largest absolute Gasteiger partial charge is 0.402 e. The minimum absolute atomic E-state index is 0.0676. The van der Waals surface area contributed by atoms with E-state index in [0.717, 1.165) is 29.6 Å². The minimum atomic E-state index is -0.660. The molecule has 1 saturated heterocycles. The highest BCUT2D eigenvalue weighted by Gasteiger charge is 2.38. The third-order valence-corrected chi connectivity index (χ3v) is 5.83. The molecule has 1 fully saturated rings. The number of nitrogens with zero attached hydrogens (tertiary/aromatic N) is 3. The van der Waals surface area contributed by atoms with E-state index < -0.39 is 23.8 Å². The van der Waals surface area contributed by atoms with Gasteiger partial charge in [-0.05, 0) is 31.5 Å². The predicted molar refractivity (Wildman–Crippen MR) is 108 cm³/mol. The highest BCUT2D eigenvalue weighted by molar-refractivity contribution is 6.02. The number of hydrogen-bond acceptors (Lipinski definition) is 5. The molecule has 160 valence electrons. The Morgan fingerprint density at radius 2 is 2.10 bits per heavy atom.